The van der Waals surface area contributed by atoms with E-state index in [0.717, 1.165) is 18.0 Å². The van der Waals surface area contributed by atoms with E-state index in [1.165, 1.54) is 0 Å². The molecule has 3 nitrogen and oxygen atoms in total. The molecule has 1 atom stereocenters. The van der Waals surface area contributed by atoms with Gasteiger partial charge in [0.25, 0.3) is 0 Å². The topological polar surface area (TPSA) is 50.7 Å². The first-order valence-electron chi connectivity index (χ1n) is 4.14. The van der Waals surface area contributed by atoms with E-state index in [4.69, 9.17) is 5.73 Å². The molecule has 0 spiro atoms. The first-order chi connectivity index (χ1) is 5.58. The van der Waals surface area contributed by atoms with Crippen molar-refractivity contribution >= 4 is 11.7 Å². The number of nitrogens with two attached hydrogens (primary N) is 1. The third-order valence-electron chi connectivity index (χ3n) is 1.70. The second-order valence-electron chi connectivity index (χ2n) is 3.25. The van der Waals surface area contributed by atoms with Gasteiger partial charge in [0.15, 0.2) is 0 Å². The van der Waals surface area contributed by atoms with Crippen LogP contribution in [0.1, 0.15) is 27.2 Å². The van der Waals surface area contributed by atoms with Crippen molar-refractivity contribution in [2.75, 3.05) is 0 Å². The Morgan fingerprint density at radius 3 is 2.75 bits per heavy atom. The monoisotopic (exact) mass is 165 g/mol. The van der Waals surface area contributed by atoms with Crippen LogP contribution in [0.25, 0.3) is 0 Å². The standard InChI is InChI=1S/C9H15N3/c1-6-4-7(2)11-8(3)12-9(10)5-6/h4,6H,5H2,1-3H3,(H2,10,11,12)/b7-4-. The summed E-state index contributed by atoms with van der Waals surface area (Å²) in [5.41, 5.74) is 6.69. The molecule has 66 valence electrons. The molecular weight excluding hydrogens is 150 g/mol. The highest BCUT2D eigenvalue weighted by Gasteiger charge is 2.05. The molecule has 3 heteroatoms. The van der Waals surface area contributed by atoms with E-state index in [1.807, 2.05) is 13.8 Å². The van der Waals surface area contributed by atoms with E-state index >= 15 is 0 Å². The number of rotatable bonds is 0. The predicted molar refractivity (Wildman–Crippen MR) is 52.3 cm³/mol. The molecule has 0 aliphatic carbocycles. The summed E-state index contributed by atoms with van der Waals surface area (Å²) in [6.45, 7) is 5.96. The van der Waals surface area contributed by atoms with Crippen LogP contribution >= 0.6 is 0 Å². The zero-order chi connectivity index (χ0) is 9.14. The summed E-state index contributed by atoms with van der Waals surface area (Å²) < 4.78 is 0. The fourth-order valence-electron chi connectivity index (χ4n) is 1.37. The fraction of sp³-hybridized carbons (Fsp3) is 0.556. The van der Waals surface area contributed by atoms with Crippen LogP contribution in [0.4, 0.5) is 0 Å². The Morgan fingerprint density at radius 1 is 1.42 bits per heavy atom. The second-order valence-corrected chi connectivity index (χ2v) is 3.25. The molecule has 0 radical (unpaired) electrons. The predicted octanol–water partition coefficient (Wildman–Crippen LogP) is 1.71. The Morgan fingerprint density at radius 2 is 2.08 bits per heavy atom. The molecule has 1 heterocycles. The normalized spacial score (nSPS) is 37.9. The average Bonchev–Trinajstić information content (AvgIpc) is 1.81. The van der Waals surface area contributed by atoms with Crippen molar-refractivity contribution in [2.24, 2.45) is 21.6 Å². The molecule has 1 aliphatic heterocycles. The Hall–Kier alpha value is -1.12. The Kier molecular flexibility index (Phi) is 2.63. The number of allylic oxidation sites excluding steroid dienone is 2. The van der Waals surface area contributed by atoms with Gasteiger partial charge in [0.1, 0.15) is 11.7 Å². The number of aliphatic imine (C=N–C) groups is 2. The van der Waals surface area contributed by atoms with Gasteiger partial charge >= 0.3 is 0 Å². The maximum absolute atomic E-state index is 5.67. The molecule has 0 amide bonds. The van der Waals surface area contributed by atoms with Crippen LogP contribution in [0.2, 0.25) is 0 Å². The maximum atomic E-state index is 5.67. The minimum Gasteiger partial charge on any atom is -0.387 e. The van der Waals surface area contributed by atoms with E-state index in [-0.39, 0.29) is 0 Å². The van der Waals surface area contributed by atoms with Crippen molar-refractivity contribution in [3.8, 4) is 0 Å². The number of hydrogen-bond acceptors (Lipinski definition) is 3. The van der Waals surface area contributed by atoms with Gasteiger partial charge in [-0.2, -0.15) is 0 Å². The van der Waals surface area contributed by atoms with Gasteiger partial charge in [0, 0.05) is 12.1 Å². The third kappa shape index (κ3) is 2.49. The quantitative estimate of drug-likeness (QED) is 0.583. The lowest BCUT2D eigenvalue weighted by atomic mass is 10.1. The fourth-order valence-corrected chi connectivity index (χ4v) is 1.37. The average molecular weight is 165 g/mol. The maximum Gasteiger partial charge on any atom is 0.127 e. The van der Waals surface area contributed by atoms with Crippen molar-refractivity contribution < 1.29 is 0 Å². The SMILES string of the molecule is CC1=C/C(C)C/C(N)=N/C(C)=N\1. The molecular formula is C9H15N3. The molecule has 0 aromatic rings. The van der Waals surface area contributed by atoms with Gasteiger partial charge in [-0.25, -0.2) is 9.98 Å². The zero-order valence-corrected chi connectivity index (χ0v) is 7.83. The molecule has 0 aromatic carbocycles. The van der Waals surface area contributed by atoms with Crippen LogP contribution in [-0.2, 0) is 0 Å². The van der Waals surface area contributed by atoms with Crippen molar-refractivity contribution in [1.82, 2.24) is 0 Å². The van der Waals surface area contributed by atoms with E-state index < -0.39 is 0 Å². The van der Waals surface area contributed by atoms with Gasteiger partial charge in [-0.15, -0.1) is 0 Å². The van der Waals surface area contributed by atoms with Gasteiger partial charge < -0.3 is 5.73 Å². The molecule has 0 fully saturated rings. The van der Waals surface area contributed by atoms with E-state index in [1.54, 1.807) is 0 Å². The van der Waals surface area contributed by atoms with Crippen LogP contribution in [-0.4, -0.2) is 11.7 Å². The summed E-state index contributed by atoms with van der Waals surface area (Å²) >= 11 is 0. The summed E-state index contributed by atoms with van der Waals surface area (Å²) in [5, 5.41) is 0. The molecule has 1 aliphatic rings. The smallest absolute Gasteiger partial charge is 0.127 e. The van der Waals surface area contributed by atoms with Gasteiger partial charge in [-0.1, -0.05) is 13.0 Å². The highest BCUT2D eigenvalue weighted by atomic mass is 15.0. The number of amidine groups is 2. The van der Waals surface area contributed by atoms with Crippen molar-refractivity contribution in [2.45, 2.75) is 27.2 Å². The minimum atomic E-state index is 0.436. The molecule has 1 rings (SSSR count). The van der Waals surface area contributed by atoms with Gasteiger partial charge in [0.2, 0.25) is 0 Å². The third-order valence-corrected chi connectivity index (χ3v) is 1.70. The van der Waals surface area contributed by atoms with Crippen molar-refractivity contribution in [3.05, 3.63) is 11.8 Å². The second kappa shape index (κ2) is 3.52. The first-order valence-corrected chi connectivity index (χ1v) is 4.14. The van der Waals surface area contributed by atoms with Crippen LogP contribution in [0.3, 0.4) is 0 Å². The highest BCUT2D eigenvalue weighted by Crippen LogP contribution is 2.11. The Balaban J connectivity index is 2.95. The first kappa shape index (κ1) is 8.97. The summed E-state index contributed by atoms with van der Waals surface area (Å²) in [5.74, 6) is 1.85. The van der Waals surface area contributed by atoms with E-state index in [0.29, 0.717) is 11.8 Å². The van der Waals surface area contributed by atoms with E-state index in [9.17, 15) is 0 Å². The molecule has 2 N–H and O–H groups in total. The number of nitrogens with zero attached hydrogens (tertiary/aromatic N) is 2. The van der Waals surface area contributed by atoms with Crippen LogP contribution < -0.4 is 5.73 Å². The zero-order valence-electron chi connectivity index (χ0n) is 7.83. The molecule has 1 unspecified atom stereocenters. The highest BCUT2D eigenvalue weighted by molar-refractivity contribution is 5.95. The largest absolute Gasteiger partial charge is 0.387 e. The lowest BCUT2D eigenvalue weighted by Crippen LogP contribution is -2.17. The minimum absolute atomic E-state index is 0.436. The molecule has 12 heavy (non-hydrogen) atoms. The summed E-state index contributed by atoms with van der Waals surface area (Å²) in [7, 11) is 0. The van der Waals surface area contributed by atoms with E-state index in [2.05, 4.69) is 23.0 Å². The number of hydrogen-bond donors (Lipinski definition) is 1. The van der Waals surface area contributed by atoms with Crippen molar-refractivity contribution in [1.29, 1.82) is 0 Å². The summed E-state index contributed by atoms with van der Waals surface area (Å²) in [6.07, 6.45) is 2.94. The summed E-state index contributed by atoms with van der Waals surface area (Å²) in [4.78, 5) is 8.39. The van der Waals surface area contributed by atoms with Crippen LogP contribution in [0, 0.1) is 5.92 Å². The molecule has 0 saturated carbocycles. The van der Waals surface area contributed by atoms with Crippen LogP contribution in [0.15, 0.2) is 21.8 Å². The summed E-state index contributed by atoms with van der Waals surface area (Å²) in [6, 6.07) is 0. The van der Waals surface area contributed by atoms with Crippen molar-refractivity contribution in [3.63, 3.8) is 0 Å². The van der Waals surface area contributed by atoms with Gasteiger partial charge in [0.05, 0.1) is 0 Å². The lowest BCUT2D eigenvalue weighted by molar-refractivity contribution is 0.753. The molecule has 0 aromatic heterocycles. The molecule has 0 bridgehead atoms. The van der Waals surface area contributed by atoms with Crippen LogP contribution in [0.5, 0.6) is 0 Å². The molecule has 0 saturated heterocycles. The Labute approximate surface area is 73.1 Å². The van der Waals surface area contributed by atoms with Gasteiger partial charge in [-0.05, 0) is 19.8 Å². The Bertz CT molecular complexity index is 261. The van der Waals surface area contributed by atoms with Gasteiger partial charge in [-0.3, -0.25) is 0 Å². The lowest BCUT2D eigenvalue weighted by Gasteiger charge is -2.09.